The van der Waals surface area contributed by atoms with E-state index in [1.54, 1.807) is 0 Å². The number of aromatic hydroxyl groups is 1. The molecule has 0 amide bonds. The Bertz CT molecular complexity index is 1320. The van der Waals surface area contributed by atoms with Crippen molar-refractivity contribution in [1.29, 1.82) is 0 Å². The number of nitro benzene ring substituents is 1. The number of halogens is 1. The number of carbonyl (C=O) groups is 2. The number of sulfonamides is 1. The third-order valence-corrected chi connectivity index (χ3v) is 5.71. The van der Waals surface area contributed by atoms with Gasteiger partial charge in [-0.15, -0.1) is 0 Å². The second kappa shape index (κ2) is 9.44. The Morgan fingerprint density at radius 1 is 1.03 bits per heavy atom. The van der Waals surface area contributed by atoms with Gasteiger partial charge in [-0.3, -0.25) is 19.6 Å². The van der Waals surface area contributed by atoms with Gasteiger partial charge in [0.2, 0.25) is 0 Å². The monoisotopic (exact) mass is 474 g/mol. The predicted octanol–water partition coefficient (Wildman–Crippen LogP) is 3.28. The fourth-order valence-corrected chi connectivity index (χ4v) is 3.72. The lowest BCUT2D eigenvalue weighted by Gasteiger charge is -2.11. The number of phenolic OH excluding ortho intramolecular Hbond substituents is 1. The summed E-state index contributed by atoms with van der Waals surface area (Å²) in [5.41, 5.74) is -0.615. The van der Waals surface area contributed by atoms with Crippen LogP contribution in [0.5, 0.6) is 5.75 Å². The number of phenols is 1. The highest BCUT2D eigenvalue weighted by atomic mass is 32.2. The number of hydrogen-bond acceptors (Lipinski definition) is 8. The van der Waals surface area contributed by atoms with Gasteiger partial charge in [0.05, 0.1) is 9.82 Å². The van der Waals surface area contributed by atoms with Crippen molar-refractivity contribution in [3.05, 3.63) is 93.8 Å². The Balaban J connectivity index is 1.74. The van der Waals surface area contributed by atoms with E-state index in [0.29, 0.717) is 0 Å². The molecule has 0 aromatic heterocycles. The minimum atomic E-state index is -4.24. The SMILES string of the molecule is O=C(COC(=O)c1cc(S(=O)(=O)Nc2ccc([N+](=O)[O-])cc2)ccc1O)c1ccc(F)cc1. The zero-order chi connectivity index (χ0) is 24.2. The maximum absolute atomic E-state index is 12.9. The summed E-state index contributed by atoms with van der Waals surface area (Å²) in [6, 6.07) is 12.0. The van der Waals surface area contributed by atoms with Crippen LogP contribution in [0.15, 0.2) is 71.6 Å². The first-order valence-corrected chi connectivity index (χ1v) is 10.6. The molecular weight excluding hydrogens is 459 g/mol. The van der Waals surface area contributed by atoms with Crippen LogP contribution in [-0.4, -0.2) is 36.8 Å². The van der Waals surface area contributed by atoms with E-state index in [4.69, 9.17) is 4.74 Å². The second-order valence-corrected chi connectivity index (χ2v) is 8.28. The molecule has 0 saturated carbocycles. The molecule has 170 valence electrons. The van der Waals surface area contributed by atoms with E-state index in [-0.39, 0.29) is 16.9 Å². The van der Waals surface area contributed by atoms with Gasteiger partial charge in [-0.2, -0.15) is 0 Å². The Morgan fingerprint density at radius 2 is 1.67 bits per heavy atom. The summed E-state index contributed by atoms with van der Waals surface area (Å²) in [6.45, 7) is -0.720. The van der Waals surface area contributed by atoms with Gasteiger partial charge in [0.25, 0.3) is 15.7 Å². The van der Waals surface area contributed by atoms with E-state index in [1.165, 1.54) is 24.3 Å². The molecule has 0 fully saturated rings. The van der Waals surface area contributed by atoms with E-state index in [0.717, 1.165) is 42.5 Å². The molecule has 0 saturated heterocycles. The largest absolute Gasteiger partial charge is 0.507 e. The highest BCUT2D eigenvalue weighted by Crippen LogP contribution is 2.25. The van der Waals surface area contributed by atoms with Crippen molar-refractivity contribution >= 4 is 33.2 Å². The molecule has 3 rings (SSSR count). The first-order valence-electron chi connectivity index (χ1n) is 9.13. The van der Waals surface area contributed by atoms with Gasteiger partial charge in [0.15, 0.2) is 12.4 Å². The van der Waals surface area contributed by atoms with Crippen LogP contribution in [0.3, 0.4) is 0 Å². The minimum Gasteiger partial charge on any atom is -0.507 e. The summed E-state index contributed by atoms with van der Waals surface area (Å²) < 4.78 is 45.2. The molecule has 0 unspecified atom stereocenters. The van der Waals surface area contributed by atoms with Crippen molar-refractivity contribution in [2.24, 2.45) is 0 Å². The van der Waals surface area contributed by atoms with E-state index >= 15 is 0 Å². The van der Waals surface area contributed by atoms with Gasteiger partial charge in [0.1, 0.15) is 17.1 Å². The zero-order valence-electron chi connectivity index (χ0n) is 16.6. The topological polar surface area (TPSA) is 153 Å². The summed E-state index contributed by atoms with van der Waals surface area (Å²) in [6.07, 6.45) is 0. The highest BCUT2D eigenvalue weighted by molar-refractivity contribution is 7.92. The Labute approximate surface area is 186 Å². The molecule has 3 aromatic rings. The fraction of sp³-hybridized carbons (Fsp3) is 0.0476. The van der Waals surface area contributed by atoms with E-state index in [1.807, 2.05) is 0 Å². The summed E-state index contributed by atoms with van der Waals surface area (Å²) in [5.74, 6) is -2.92. The van der Waals surface area contributed by atoms with Gasteiger partial charge < -0.3 is 9.84 Å². The van der Waals surface area contributed by atoms with Crippen LogP contribution in [0.25, 0.3) is 0 Å². The lowest BCUT2D eigenvalue weighted by atomic mass is 10.1. The van der Waals surface area contributed by atoms with Crippen molar-refractivity contribution in [2.75, 3.05) is 11.3 Å². The van der Waals surface area contributed by atoms with Crippen molar-refractivity contribution in [3.63, 3.8) is 0 Å². The van der Waals surface area contributed by atoms with Gasteiger partial charge in [-0.1, -0.05) is 0 Å². The standard InChI is InChI=1S/C21H15FN2O8S/c22-14-3-1-13(2-4-14)20(26)12-32-21(27)18-11-17(9-10-19(18)25)33(30,31)23-15-5-7-16(8-6-15)24(28)29/h1-11,23,25H,12H2. The number of non-ortho nitro benzene ring substituents is 1. The number of nitrogens with zero attached hydrogens (tertiary/aromatic N) is 1. The molecule has 0 aliphatic heterocycles. The minimum absolute atomic E-state index is 0.0303. The van der Waals surface area contributed by atoms with Crippen LogP contribution >= 0.6 is 0 Å². The molecule has 0 spiro atoms. The summed E-state index contributed by atoms with van der Waals surface area (Å²) in [4.78, 5) is 34.0. The number of hydrogen-bond donors (Lipinski definition) is 2. The van der Waals surface area contributed by atoms with Crippen LogP contribution in [0.4, 0.5) is 15.8 Å². The maximum Gasteiger partial charge on any atom is 0.342 e. The third kappa shape index (κ3) is 5.68. The average molecular weight is 474 g/mol. The number of nitrogens with one attached hydrogen (secondary N) is 1. The molecular formula is C21H15FN2O8S. The number of rotatable bonds is 8. The molecule has 0 aliphatic rings. The first kappa shape index (κ1) is 23.3. The number of nitro groups is 1. The van der Waals surface area contributed by atoms with E-state index < -0.39 is 55.3 Å². The maximum atomic E-state index is 12.9. The van der Waals surface area contributed by atoms with Gasteiger partial charge >= 0.3 is 5.97 Å². The number of Topliss-reactive ketones (excluding diaryl/α,β-unsaturated/α-hetero) is 1. The molecule has 0 heterocycles. The number of carbonyl (C=O) groups excluding carboxylic acids is 2. The van der Waals surface area contributed by atoms with Crippen LogP contribution in [0, 0.1) is 15.9 Å². The summed E-state index contributed by atoms with van der Waals surface area (Å²) >= 11 is 0. The molecule has 12 heteroatoms. The number of anilines is 1. The van der Waals surface area contributed by atoms with Crippen LogP contribution < -0.4 is 4.72 Å². The number of ketones is 1. The van der Waals surface area contributed by atoms with Crippen LogP contribution in [0.2, 0.25) is 0 Å². The molecule has 3 aromatic carbocycles. The third-order valence-electron chi connectivity index (χ3n) is 4.33. The Morgan fingerprint density at radius 3 is 2.27 bits per heavy atom. The highest BCUT2D eigenvalue weighted by Gasteiger charge is 2.21. The zero-order valence-corrected chi connectivity index (χ0v) is 17.4. The molecule has 10 nitrogen and oxygen atoms in total. The van der Waals surface area contributed by atoms with Gasteiger partial charge in [0, 0.05) is 23.4 Å². The predicted molar refractivity (Wildman–Crippen MR) is 113 cm³/mol. The Kier molecular flexibility index (Phi) is 6.68. The lowest BCUT2D eigenvalue weighted by Crippen LogP contribution is -2.16. The molecule has 0 atom stereocenters. The van der Waals surface area contributed by atoms with E-state index in [2.05, 4.69) is 4.72 Å². The van der Waals surface area contributed by atoms with Crippen LogP contribution in [-0.2, 0) is 14.8 Å². The van der Waals surface area contributed by atoms with Crippen molar-refractivity contribution in [1.82, 2.24) is 0 Å². The molecule has 0 aliphatic carbocycles. The molecule has 0 bridgehead atoms. The van der Waals surface area contributed by atoms with Crippen LogP contribution in [0.1, 0.15) is 20.7 Å². The fourth-order valence-electron chi connectivity index (χ4n) is 2.64. The quantitative estimate of drug-likeness (QED) is 0.218. The van der Waals surface area contributed by atoms with Crippen molar-refractivity contribution < 1.29 is 37.2 Å². The molecule has 2 N–H and O–H groups in total. The smallest absolute Gasteiger partial charge is 0.342 e. The Hall–Kier alpha value is -4.32. The summed E-state index contributed by atoms with van der Waals surface area (Å²) in [5, 5.41) is 20.7. The molecule has 33 heavy (non-hydrogen) atoms. The average Bonchev–Trinajstić information content (AvgIpc) is 2.78. The van der Waals surface area contributed by atoms with Gasteiger partial charge in [-0.05, 0) is 54.6 Å². The molecule has 0 radical (unpaired) electrons. The second-order valence-electron chi connectivity index (χ2n) is 6.59. The normalized spacial score (nSPS) is 10.9. The number of esters is 1. The number of ether oxygens (including phenoxy) is 1. The summed E-state index contributed by atoms with van der Waals surface area (Å²) in [7, 11) is -4.24. The first-order chi connectivity index (χ1) is 15.6. The van der Waals surface area contributed by atoms with E-state index in [9.17, 15) is 37.6 Å². The van der Waals surface area contributed by atoms with Crippen molar-refractivity contribution in [3.8, 4) is 5.75 Å². The van der Waals surface area contributed by atoms with Crippen molar-refractivity contribution in [2.45, 2.75) is 4.90 Å². The lowest BCUT2D eigenvalue weighted by molar-refractivity contribution is -0.384. The number of benzene rings is 3. The van der Waals surface area contributed by atoms with Gasteiger partial charge in [-0.25, -0.2) is 17.6 Å².